The number of benzene rings is 3. The van der Waals surface area contributed by atoms with E-state index < -0.39 is 5.97 Å². The molecule has 0 spiro atoms. The van der Waals surface area contributed by atoms with Gasteiger partial charge in [0.15, 0.2) is 0 Å². The average Bonchev–Trinajstić information content (AvgIpc) is 2.72. The van der Waals surface area contributed by atoms with Crippen LogP contribution in [0.2, 0.25) is 0 Å². The summed E-state index contributed by atoms with van der Waals surface area (Å²) in [6.07, 6.45) is 2.77. The maximum Gasteiger partial charge on any atom is 0.303 e. The molecular formula is C25H26O2. The number of carboxylic acids is 1. The zero-order valence-corrected chi connectivity index (χ0v) is 15.8. The second-order valence-corrected chi connectivity index (χ2v) is 7.09. The second kappa shape index (κ2) is 9.18. The summed E-state index contributed by atoms with van der Waals surface area (Å²) in [6.45, 7) is 2.25. The molecule has 0 amide bonds. The van der Waals surface area contributed by atoms with Crippen LogP contribution in [0.25, 0.3) is 0 Å². The monoisotopic (exact) mass is 358 g/mol. The third-order valence-electron chi connectivity index (χ3n) is 5.10. The Hall–Kier alpha value is -2.87. The number of aliphatic carboxylic acids is 1. The summed E-state index contributed by atoms with van der Waals surface area (Å²) in [5.41, 5.74) is 6.41. The number of rotatable bonds is 8. The Bertz CT molecular complexity index is 866. The van der Waals surface area contributed by atoms with Crippen LogP contribution in [-0.4, -0.2) is 11.1 Å². The van der Waals surface area contributed by atoms with E-state index in [1.54, 1.807) is 0 Å². The van der Waals surface area contributed by atoms with Crippen LogP contribution >= 0.6 is 0 Å². The fraction of sp³-hybridized carbons (Fsp3) is 0.240. The Kier molecular flexibility index (Phi) is 6.43. The maximum atomic E-state index is 10.7. The fourth-order valence-electron chi connectivity index (χ4n) is 3.36. The molecule has 0 heterocycles. The van der Waals surface area contributed by atoms with E-state index in [0.717, 1.165) is 18.4 Å². The van der Waals surface area contributed by atoms with Gasteiger partial charge in [-0.25, -0.2) is 0 Å². The number of carbonyl (C=O) groups is 1. The molecule has 138 valence electrons. The summed E-state index contributed by atoms with van der Waals surface area (Å²) in [6, 6.07) is 27.8. The second-order valence-electron chi connectivity index (χ2n) is 7.09. The van der Waals surface area contributed by atoms with Crippen molar-refractivity contribution in [2.24, 2.45) is 0 Å². The third-order valence-corrected chi connectivity index (χ3v) is 5.10. The molecule has 1 N–H and O–H groups in total. The van der Waals surface area contributed by atoms with Crippen molar-refractivity contribution in [3.8, 4) is 0 Å². The number of hydrogen-bond acceptors (Lipinski definition) is 1. The molecule has 3 aromatic rings. The molecule has 1 atom stereocenters. The van der Waals surface area contributed by atoms with Crippen molar-refractivity contribution in [1.29, 1.82) is 0 Å². The van der Waals surface area contributed by atoms with Crippen molar-refractivity contribution in [2.75, 3.05) is 0 Å². The van der Waals surface area contributed by atoms with Crippen LogP contribution in [0.1, 0.15) is 47.1 Å². The highest BCUT2D eigenvalue weighted by molar-refractivity contribution is 5.67. The summed E-state index contributed by atoms with van der Waals surface area (Å²) < 4.78 is 0. The van der Waals surface area contributed by atoms with Gasteiger partial charge in [-0.2, -0.15) is 0 Å². The van der Waals surface area contributed by atoms with E-state index in [2.05, 4.69) is 73.7 Å². The molecule has 3 aromatic carbocycles. The smallest absolute Gasteiger partial charge is 0.303 e. The van der Waals surface area contributed by atoms with Crippen molar-refractivity contribution in [3.05, 3.63) is 107 Å². The van der Waals surface area contributed by atoms with Gasteiger partial charge in [0, 0.05) is 12.3 Å². The maximum absolute atomic E-state index is 10.7. The van der Waals surface area contributed by atoms with Gasteiger partial charge in [0.25, 0.3) is 0 Å². The van der Waals surface area contributed by atoms with Gasteiger partial charge in [-0.15, -0.1) is 0 Å². The first-order valence-electron chi connectivity index (χ1n) is 9.55. The molecule has 0 bridgehead atoms. The molecule has 0 saturated carbocycles. The Balaban J connectivity index is 1.61. The van der Waals surface area contributed by atoms with E-state index >= 15 is 0 Å². The van der Waals surface area contributed by atoms with E-state index in [-0.39, 0.29) is 6.42 Å². The van der Waals surface area contributed by atoms with Gasteiger partial charge < -0.3 is 5.11 Å². The van der Waals surface area contributed by atoms with E-state index in [4.69, 9.17) is 5.11 Å². The van der Waals surface area contributed by atoms with Crippen LogP contribution in [0.15, 0.2) is 78.9 Å². The number of carboxylic acid groups (broad SMARTS) is 1. The zero-order valence-electron chi connectivity index (χ0n) is 15.8. The molecule has 0 radical (unpaired) electrons. The van der Waals surface area contributed by atoms with Crippen molar-refractivity contribution >= 4 is 5.97 Å². The van der Waals surface area contributed by atoms with Crippen molar-refractivity contribution in [1.82, 2.24) is 0 Å². The van der Waals surface area contributed by atoms with E-state index in [9.17, 15) is 4.79 Å². The number of hydrogen-bond donors (Lipinski definition) is 1. The Morgan fingerprint density at radius 1 is 0.741 bits per heavy atom. The fourth-order valence-corrected chi connectivity index (χ4v) is 3.36. The van der Waals surface area contributed by atoms with Crippen LogP contribution in [0.5, 0.6) is 0 Å². The van der Waals surface area contributed by atoms with Crippen LogP contribution < -0.4 is 0 Å². The minimum absolute atomic E-state index is 0.186. The van der Waals surface area contributed by atoms with Crippen LogP contribution in [0, 0.1) is 0 Å². The Morgan fingerprint density at radius 2 is 1.33 bits per heavy atom. The molecule has 0 aliphatic heterocycles. The van der Waals surface area contributed by atoms with Crippen molar-refractivity contribution in [2.45, 2.75) is 38.5 Å². The van der Waals surface area contributed by atoms with E-state index in [0.29, 0.717) is 12.3 Å². The van der Waals surface area contributed by atoms with Crippen LogP contribution in [-0.2, 0) is 24.1 Å². The molecule has 0 aromatic heterocycles. The quantitative estimate of drug-likeness (QED) is 0.566. The van der Waals surface area contributed by atoms with Gasteiger partial charge in [0.2, 0.25) is 0 Å². The molecular weight excluding hydrogens is 332 g/mol. The molecule has 0 aliphatic rings. The highest BCUT2D eigenvalue weighted by Crippen LogP contribution is 2.25. The SMILES string of the molecule is C[C@@H](c1ccccc1)c1cccc(CCc2ccc(CCC(=O)O)cc2)c1. The van der Waals surface area contributed by atoms with Gasteiger partial charge >= 0.3 is 5.97 Å². The summed E-state index contributed by atoms with van der Waals surface area (Å²) in [5, 5.41) is 8.77. The highest BCUT2D eigenvalue weighted by Gasteiger charge is 2.08. The molecule has 2 nitrogen and oxygen atoms in total. The van der Waals surface area contributed by atoms with Crippen LogP contribution in [0.4, 0.5) is 0 Å². The molecule has 3 rings (SSSR count). The summed E-state index contributed by atoms with van der Waals surface area (Å²) >= 11 is 0. The molecule has 0 aliphatic carbocycles. The number of aryl methyl sites for hydroxylation is 3. The minimum atomic E-state index is -0.747. The normalized spacial score (nSPS) is 11.9. The Labute approximate surface area is 161 Å². The lowest BCUT2D eigenvalue weighted by atomic mass is 9.91. The summed E-state index contributed by atoms with van der Waals surface area (Å²) in [5.74, 6) is -0.358. The molecule has 2 heteroatoms. The standard InChI is InChI=1S/C25H26O2/c1-19(23-7-3-2-4-8-23)24-9-5-6-22(18-24)15-14-20-10-12-21(13-11-20)16-17-25(26)27/h2-13,18-19H,14-17H2,1H3,(H,26,27)/t19-/m0/s1. The Morgan fingerprint density at radius 3 is 2.00 bits per heavy atom. The van der Waals surface area contributed by atoms with Gasteiger partial charge in [0.1, 0.15) is 0 Å². The van der Waals surface area contributed by atoms with E-state index in [1.807, 2.05) is 12.1 Å². The highest BCUT2D eigenvalue weighted by atomic mass is 16.4. The lowest BCUT2D eigenvalue weighted by Gasteiger charge is -2.14. The average molecular weight is 358 g/mol. The van der Waals surface area contributed by atoms with Crippen molar-refractivity contribution in [3.63, 3.8) is 0 Å². The largest absolute Gasteiger partial charge is 0.481 e. The zero-order chi connectivity index (χ0) is 19.1. The van der Waals surface area contributed by atoms with Gasteiger partial charge in [-0.1, -0.05) is 85.8 Å². The first-order chi connectivity index (χ1) is 13.1. The lowest BCUT2D eigenvalue weighted by Crippen LogP contribution is -1.99. The minimum Gasteiger partial charge on any atom is -0.481 e. The lowest BCUT2D eigenvalue weighted by molar-refractivity contribution is -0.136. The first kappa shape index (κ1) is 18.9. The topological polar surface area (TPSA) is 37.3 Å². The van der Waals surface area contributed by atoms with Crippen molar-refractivity contribution < 1.29 is 9.90 Å². The third kappa shape index (κ3) is 5.55. The van der Waals surface area contributed by atoms with E-state index in [1.165, 1.54) is 22.3 Å². The predicted octanol–water partition coefficient (Wildman–Crippen LogP) is 5.64. The first-order valence-corrected chi connectivity index (χ1v) is 9.55. The van der Waals surface area contributed by atoms with Crippen LogP contribution in [0.3, 0.4) is 0 Å². The molecule has 0 fully saturated rings. The van der Waals surface area contributed by atoms with Gasteiger partial charge in [-0.05, 0) is 47.1 Å². The summed E-state index contributed by atoms with van der Waals surface area (Å²) in [4.78, 5) is 10.7. The summed E-state index contributed by atoms with van der Waals surface area (Å²) in [7, 11) is 0. The molecule has 0 unspecified atom stereocenters. The predicted molar refractivity (Wildman–Crippen MR) is 110 cm³/mol. The molecule has 0 saturated heterocycles. The molecule has 27 heavy (non-hydrogen) atoms. The van der Waals surface area contributed by atoms with Gasteiger partial charge in [-0.3, -0.25) is 4.79 Å². The van der Waals surface area contributed by atoms with Gasteiger partial charge in [0.05, 0.1) is 0 Å².